The normalized spacial score (nSPS) is 10.6. The van der Waals surface area contributed by atoms with Gasteiger partial charge < -0.3 is 9.15 Å². The van der Waals surface area contributed by atoms with Crippen LogP contribution in [0.3, 0.4) is 0 Å². The first-order chi connectivity index (χ1) is 10.6. The number of hydrogen-bond acceptors (Lipinski definition) is 4. The molecule has 0 aliphatic rings. The molecule has 0 aliphatic heterocycles. The van der Waals surface area contributed by atoms with E-state index in [2.05, 4.69) is 0 Å². The van der Waals surface area contributed by atoms with Crippen molar-refractivity contribution in [3.8, 4) is 11.1 Å². The molecule has 22 heavy (non-hydrogen) atoms. The minimum absolute atomic E-state index is 0.396. The van der Waals surface area contributed by atoms with Crippen molar-refractivity contribution < 1.29 is 13.9 Å². The van der Waals surface area contributed by atoms with Gasteiger partial charge in [0.15, 0.2) is 0 Å². The van der Waals surface area contributed by atoms with Crippen LogP contribution in [0.4, 0.5) is 0 Å². The van der Waals surface area contributed by atoms with Gasteiger partial charge in [0, 0.05) is 5.39 Å². The number of fused-ring (bicyclic) bond motifs is 1. The van der Waals surface area contributed by atoms with Gasteiger partial charge in [0.2, 0.25) is 0 Å². The third-order valence-corrected chi connectivity index (χ3v) is 3.58. The van der Waals surface area contributed by atoms with Gasteiger partial charge in [-0.3, -0.25) is 0 Å². The second-order valence-electron chi connectivity index (χ2n) is 5.01. The average molecular weight is 294 g/mol. The zero-order valence-electron chi connectivity index (χ0n) is 12.3. The number of para-hydroxylation sites is 1. The summed E-state index contributed by atoms with van der Waals surface area (Å²) in [6, 6.07) is 14.2. The monoisotopic (exact) mass is 294 g/mol. The van der Waals surface area contributed by atoms with Crippen molar-refractivity contribution in [2.75, 3.05) is 7.11 Å². The molecule has 0 saturated heterocycles. The standard InChI is InChI=1S/C18H14O4/c1-11-9-13(17(19)21-2)7-8-14(11)15-10-12-5-3-4-6-16(12)22-18(15)20/h3-10H,1-2H3. The number of carbonyl (C=O) groups excluding carboxylic acids is 1. The van der Waals surface area contributed by atoms with E-state index in [-0.39, 0.29) is 0 Å². The van der Waals surface area contributed by atoms with Gasteiger partial charge in [0.05, 0.1) is 18.2 Å². The van der Waals surface area contributed by atoms with Crippen molar-refractivity contribution in [1.82, 2.24) is 0 Å². The molecule has 3 aromatic rings. The van der Waals surface area contributed by atoms with Crippen molar-refractivity contribution in [3.63, 3.8) is 0 Å². The largest absolute Gasteiger partial charge is 0.465 e. The molecule has 0 unspecified atom stereocenters. The van der Waals surface area contributed by atoms with Gasteiger partial charge in [-0.2, -0.15) is 0 Å². The summed E-state index contributed by atoms with van der Waals surface area (Å²) in [6.45, 7) is 1.84. The van der Waals surface area contributed by atoms with Crippen LogP contribution in [-0.4, -0.2) is 13.1 Å². The van der Waals surface area contributed by atoms with Gasteiger partial charge in [-0.1, -0.05) is 24.3 Å². The van der Waals surface area contributed by atoms with E-state index in [9.17, 15) is 9.59 Å². The van der Waals surface area contributed by atoms with Gasteiger partial charge in [-0.25, -0.2) is 9.59 Å². The van der Waals surface area contributed by atoms with Crippen LogP contribution in [0.5, 0.6) is 0 Å². The Labute approximate surface area is 127 Å². The lowest BCUT2D eigenvalue weighted by Gasteiger charge is -2.08. The Morgan fingerprint density at radius 2 is 1.82 bits per heavy atom. The Bertz CT molecular complexity index is 922. The number of ether oxygens (including phenoxy) is 1. The fourth-order valence-electron chi connectivity index (χ4n) is 2.46. The molecule has 110 valence electrons. The Morgan fingerprint density at radius 1 is 1.05 bits per heavy atom. The van der Waals surface area contributed by atoms with Gasteiger partial charge in [-0.15, -0.1) is 0 Å². The van der Waals surface area contributed by atoms with Gasteiger partial charge in [0.25, 0.3) is 0 Å². The smallest absolute Gasteiger partial charge is 0.344 e. The lowest BCUT2D eigenvalue weighted by Crippen LogP contribution is -2.05. The summed E-state index contributed by atoms with van der Waals surface area (Å²) in [6.07, 6.45) is 0. The second kappa shape index (κ2) is 5.48. The summed E-state index contributed by atoms with van der Waals surface area (Å²) in [5.41, 5.74) is 2.65. The molecule has 0 amide bonds. The topological polar surface area (TPSA) is 56.5 Å². The van der Waals surface area contributed by atoms with Crippen molar-refractivity contribution in [1.29, 1.82) is 0 Å². The second-order valence-corrected chi connectivity index (χ2v) is 5.01. The number of methoxy groups -OCH3 is 1. The first kappa shape index (κ1) is 14.1. The van der Waals surface area contributed by atoms with E-state index in [4.69, 9.17) is 9.15 Å². The molecule has 4 nitrogen and oxygen atoms in total. The van der Waals surface area contributed by atoms with Crippen LogP contribution in [0.25, 0.3) is 22.1 Å². The Morgan fingerprint density at radius 3 is 2.55 bits per heavy atom. The molecule has 0 fully saturated rings. The predicted octanol–water partition coefficient (Wildman–Crippen LogP) is 3.56. The Kier molecular flexibility index (Phi) is 3.51. The summed E-state index contributed by atoms with van der Waals surface area (Å²) in [7, 11) is 1.34. The lowest BCUT2D eigenvalue weighted by atomic mass is 9.99. The average Bonchev–Trinajstić information content (AvgIpc) is 2.53. The third-order valence-electron chi connectivity index (χ3n) is 3.58. The van der Waals surface area contributed by atoms with E-state index in [0.717, 1.165) is 16.5 Å². The molecule has 2 aromatic carbocycles. The summed E-state index contributed by atoms with van der Waals surface area (Å²) in [5.74, 6) is -0.403. The van der Waals surface area contributed by atoms with Crippen LogP contribution in [0.15, 0.2) is 57.7 Å². The van der Waals surface area contributed by atoms with Crippen LogP contribution in [0, 0.1) is 6.92 Å². The van der Waals surface area contributed by atoms with Crippen molar-refractivity contribution in [3.05, 3.63) is 70.1 Å². The molecule has 0 aliphatic carbocycles. The molecule has 0 N–H and O–H groups in total. The summed E-state index contributed by atoms with van der Waals surface area (Å²) >= 11 is 0. The van der Waals surface area contributed by atoms with E-state index >= 15 is 0 Å². The highest BCUT2D eigenvalue weighted by molar-refractivity contribution is 5.91. The third kappa shape index (κ3) is 2.39. The number of hydrogen-bond donors (Lipinski definition) is 0. The predicted molar refractivity (Wildman–Crippen MR) is 84.0 cm³/mol. The number of benzene rings is 2. The first-order valence-electron chi connectivity index (χ1n) is 6.82. The van der Waals surface area contributed by atoms with E-state index in [1.807, 2.05) is 25.1 Å². The number of rotatable bonds is 2. The van der Waals surface area contributed by atoms with Gasteiger partial charge >= 0.3 is 11.6 Å². The molecule has 3 rings (SSSR count). The van der Waals surface area contributed by atoms with Crippen molar-refractivity contribution in [2.45, 2.75) is 6.92 Å². The van der Waals surface area contributed by atoms with E-state index < -0.39 is 11.6 Å². The molecular weight excluding hydrogens is 280 g/mol. The molecule has 1 aromatic heterocycles. The van der Waals surface area contributed by atoms with Gasteiger partial charge in [0.1, 0.15) is 5.58 Å². The number of esters is 1. The van der Waals surface area contributed by atoms with E-state index in [0.29, 0.717) is 16.7 Å². The molecular formula is C18H14O4. The minimum Gasteiger partial charge on any atom is -0.465 e. The lowest BCUT2D eigenvalue weighted by molar-refractivity contribution is 0.0600. The van der Waals surface area contributed by atoms with E-state index in [1.54, 1.807) is 30.3 Å². The maximum absolute atomic E-state index is 12.2. The first-order valence-corrected chi connectivity index (χ1v) is 6.82. The summed E-state index contributed by atoms with van der Waals surface area (Å²) in [5, 5.41) is 0.855. The summed E-state index contributed by atoms with van der Waals surface area (Å²) in [4.78, 5) is 23.8. The fourth-order valence-corrected chi connectivity index (χ4v) is 2.46. The van der Waals surface area contributed by atoms with Gasteiger partial charge in [-0.05, 0) is 42.3 Å². The van der Waals surface area contributed by atoms with E-state index in [1.165, 1.54) is 7.11 Å². The van der Waals surface area contributed by atoms with Crippen LogP contribution < -0.4 is 5.63 Å². The summed E-state index contributed by atoms with van der Waals surface area (Å²) < 4.78 is 10.1. The molecule has 4 heteroatoms. The van der Waals surface area contributed by atoms with Crippen LogP contribution >= 0.6 is 0 Å². The maximum atomic E-state index is 12.2. The Balaban J connectivity index is 2.17. The maximum Gasteiger partial charge on any atom is 0.344 e. The molecule has 0 spiro atoms. The Hall–Kier alpha value is -2.88. The molecule has 0 saturated carbocycles. The fraction of sp³-hybridized carbons (Fsp3) is 0.111. The van der Waals surface area contributed by atoms with Crippen LogP contribution in [0.2, 0.25) is 0 Å². The molecule has 0 radical (unpaired) electrons. The quantitative estimate of drug-likeness (QED) is 0.535. The minimum atomic E-state index is -0.403. The highest BCUT2D eigenvalue weighted by atomic mass is 16.5. The number of aryl methyl sites for hydroxylation is 1. The van der Waals surface area contributed by atoms with Crippen molar-refractivity contribution >= 4 is 16.9 Å². The van der Waals surface area contributed by atoms with Crippen LogP contribution in [0.1, 0.15) is 15.9 Å². The zero-order chi connectivity index (χ0) is 15.7. The molecule has 0 bridgehead atoms. The highest BCUT2D eigenvalue weighted by Crippen LogP contribution is 2.25. The molecule has 1 heterocycles. The highest BCUT2D eigenvalue weighted by Gasteiger charge is 2.12. The zero-order valence-corrected chi connectivity index (χ0v) is 12.3. The van der Waals surface area contributed by atoms with Crippen LogP contribution in [-0.2, 0) is 4.74 Å². The number of carbonyl (C=O) groups is 1. The SMILES string of the molecule is COC(=O)c1ccc(-c2cc3ccccc3oc2=O)c(C)c1. The van der Waals surface area contributed by atoms with Crippen molar-refractivity contribution in [2.24, 2.45) is 0 Å². The molecule has 0 atom stereocenters.